The zero-order valence-corrected chi connectivity index (χ0v) is 24.7. The van der Waals surface area contributed by atoms with Crippen molar-refractivity contribution >= 4 is 43.4 Å². The zero-order valence-electron chi connectivity index (χ0n) is 24.7. The van der Waals surface area contributed by atoms with Crippen LogP contribution in [0, 0.1) is 0 Å². The highest BCUT2D eigenvalue weighted by Gasteiger charge is 2.20. The van der Waals surface area contributed by atoms with Crippen LogP contribution in [-0.4, -0.2) is 4.57 Å². The summed E-state index contributed by atoms with van der Waals surface area (Å²) in [6, 6.07) is 63.9. The van der Waals surface area contributed by atoms with Crippen LogP contribution >= 0.6 is 0 Å². The summed E-state index contributed by atoms with van der Waals surface area (Å²) in [5, 5.41) is 7.61. The van der Waals surface area contributed by atoms with Crippen LogP contribution in [0.15, 0.2) is 176 Å². The average Bonchev–Trinajstić information content (AvgIpc) is 3.45. The van der Waals surface area contributed by atoms with Gasteiger partial charge in [0.05, 0.1) is 11.0 Å². The van der Waals surface area contributed by atoms with E-state index in [1.165, 1.54) is 82.4 Å². The first-order valence-corrected chi connectivity index (χ1v) is 15.5. The molecule has 0 N–H and O–H groups in total. The lowest BCUT2D eigenvalue weighted by Crippen LogP contribution is -1.93. The third-order valence-electron chi connectivity index (χ3n) is 9.17. The highest BCUT2D eigenvalue weighted by atomic mass is 15.0. The third kappa shape index (κ3) is 4.02. The predicted molar refractivity (Wildman–Crippen MR) is 192 cm³/mol. The Hall–Kier alpha value is -5.92. The van der Waals surface area contributed by atoms with E-state index < -0.39 is 0 Å². The van der Waals surface area contributed by atoms with Gasteiger partial charge in [0.2, 0.25) is 0 Å². The van der Waals surface area contributed by atoms with Crippen molar-refractivity contribution in [1.82, 2.24) is 4.57 Å². The van der Waals surface area contributed by atoms with Gasteiger partial charge in [0.15, 0.2) is 0 Å². The monoisotopic (exact) mass is 571 g/mol. The maximum absolute atomic E-state index is 2.43. The Labute approximate surface area is 262 Å². The van der Waals surface area contributed by atoms with Crippen molar-refractivity contribution in [2.24, 2.45) is 0 Å². The van der Waals surface area contributed by atoms with Gasteiger partial charge in [-0.2, -0.15) is 0 Å². The maximum atomic E-state index is 2.43. The summed E-state index contributed by atoms with van der Waals surface area (Å²) in [4.78, 5) is 0. The van der Waals surface area contributed by atoms with E-state index in [2.05, 4.69) is 180 Å². The largest absolute Gasteiger partial charge is 0.309 e. The fourth-order valence-corrected chi connectivity index (χ4v) is 7.29. The van der Waals surface area contributed by atoms with Crippen molar-refractivity contribution in [3.05, 3.63) is 176 Å². The number of hydrogen-bond donors (Lipinski definition) is 0. The smallest absolute Gasteiger partial charge is 0.0547 e. The van der Waals surface area contributed by atoms with Crippen molar-refractivity contribution in [1.29, 1.82) is 0 Å². The number of hydrogen-bond acceptors (Lipinski definition) is 0. The van der Waals surface area contributed by atoms with E-state index in [1.807, 2.05) is 0 Å². The molecule has 1 heteroatoms. The molecule has 0 aliphatic heterocycles. The van der Waals surface area contributed by atoms with Crippen molar-refractivity contribution in [2.75, 3.05) is 0 Å². The average molecular weight is 572 g/mol. The van der Waals surface area contributed by atoms with Crippen LogP contribution in [0.25, 0.3) is 82.4 Å². The van der Waals surface area contributed by atoms with E-state index in [-0.39, 0.29) is 0 Å². The Morgan fingerprint density at radius 2 is 0.822 bits per heavy atom. The summed E-state index contributed by atoms with van der Waals surface area (Å²) < 4.78 is 2.41. The number of nitrogens with zero attached hydrogens (tertiary/aromatic N) is 1. The van der Waals surface area contributed by atoms with Crippen molar-refractivity contribution < 1.29 is 0 Å². The van der Waals surface area contributed by atoms with E-state index in [4.69, 9.17) is 0 Å². The normalized spacial score (nSPS) is 11.6. The first-order chi connectivity index (χ1) is 22.4. The van der Waals surface area contributed by atoms with Crippen LogP contribution in [0.4, 0.5) is 0 Å². The number of para-hydroxylation sites is 1. The molecular formula is C44H29N. The van der Waals surface area contributed by atoms with Crippen LogP contribution in [0.1, 0.15) is 0 Å². The zero-order chi connectivity index (χ0) is 29.7. The van der Waals surface area contributed by atoms with Gasteiger partial charge >= 0.3 is 0 Å². The van der Waals surface area contributed by atoms with Gasteiger partial charge in [0.25, 0.3) is 0 Å². The molecule has 0 saturated heterocycles. The molecule has 9 aromatic rings. The maximum Gasteiger partial charge on any atom is 0.0547 e. The lowest BCUT2D eigenvalue weighted by molar-refractivity contribution is 1.18. The van der Waals surface area contributed by atoms with Gasteiger partial charge in [-0.1, -0.05) is 146 Å². The molecule has 1 heterocycles. The number of rotatable bonds is 4. The van der Waals surface area contributed by atoms with Gasteiger partial charge in [-0.25, -0.2) is 0 Å². The van der Waals surface area contributed by atoms with Gasteiger partial charge in [0, 0.05) is 16.5 Å². The lowest BCUT2D eigenvalue weighted by Gasteiger charge is -2.18. The molecule has 0 saturated carbocycles. The van der Waals surface area contributed by atoms with Crippen molar-refractivity contribution in [2.45, 2.75) is 0 Å². The Morgan fingerprint density at radius 1 is 0.311 bits per heavy atom. The van der Waals surface area contributed by atoms with Gasteiger partial charge < -0.3 is 4.57 Å². The quantitative estimate of drug-likeness (QED) is 0.185. The van der Waals surface area contributed by atoms with Crippen molar-refractivity contribution in [3.63, 3.8) is 0 Å². The van der Waals surface area contributed by atoms with Crippen molar-refractivity contribution in [3.8, 4) is 39.1 Å². The Kier molecular flexibility index (Phi) is 5.89. The second kappa shape index (κ2) is 10.4. The number of aromatic nitrogens is 1. The van der Waals surface area contributed by atoms with Gasteiger partial charge in [-0.3, -0.25) is 0 Å². The minimum atomic E-state index is 1.17. The molecule has 0 spiro atoms. The molecule has 1 aromatic heterocycles. The summed E-state index contributed by atoms with van der Waals surface area (Å²) >= 11 is 0. The SMILES string of the molecule is c1ccc(-c2c3ccccc3c(-c3ccc4c(c3)c3c(-c5ccccc5)cccc3n4-c3ccccc3)c3ccccc23)cc1. The van der Waals surface area contributed by atoms with Crippen LogP contribution in [0.2, 0.25) is 0 Å². The van der Waals surface area contributed by atoms with Gasteiger partial charge in [-0.05, 0) is 85.3 Å². The van der Waals surface area contributed by atoms with Gasteiger partial charge in [-0.15, -0.1) is 0 Å². The van der Waals surface area contributed by atoms with Crippen LogP contribution in [0.3, 0.4) is 0 Å². The number of benzene rings is 8. The van der Waals surface area contributed by atoms with E-state index in [1.54, 1.807) is 0 Å². The molecule has 0 amide bonds. The van der Waals surface area contributed by atoms with Gasteiger partial charge in [0.1, 0.15) is 0 Å². The molecule has 0 atom stereocenters. The van der Waals surface area contributed by atoms with E-state index in [0.29, 0.717) is 0 Å². The molecule has 0 radical (unpaired) electrons. The molecule has 210 valence electrons. The minimum absolute atomic E-state index is 1.17. The molecule has 0 fully saturated rings. The van der Waals surface area contributed by atoms with Crippen LogP contribution in [0.5, 0.6) is 0 Å². The minimum Gasteiger partial charge on any atom is -0.309 e. The Morgan fingerprint density at radius 3 is 1.42 bits per heavy atom. The Balaban J connectivity index is 1.41. The topological polar surface area (TPSA) is 4.93 Å². The van der Waals surface area contributed by atoms with E-state index in [9.17, 15) is 0 Å². The third-order valence-corrected chi connectivity index (χ3v) is 9.17. The highest BCUT2D eigenvalue weighted by Crippen LogP contribution is 2.46. The second-order valence-electron chi connectivity index (χ2n) is 11.7. The summed E-state index contributed by atoms with van der Waals surface area (Å²) in [6.07, 6.45) is 0. The molecule has 8 aromatic carbocycles. The molecule has 0 aliphatic carbocycles. The van der Waals surface area contributed by atoms with E-state index >= 15 is 0 Å². The summed E-state index contributed by atoms with van der Waals surface area (Å²) in [5.41, 5.74) is 11.1. The first-order valence-electron chi connectivity index (χ1n) is 15.5. The molecule has 45 heavy (non-hydrogen) atoms. The number of fused-ring (bicyclic) bond motifs is 5. The second-order valence-corrected chi connectivity index (χ2v) is 11.7. The predicted octanol–water partition coefficient (Wildman–Crippen LogP) is 12.1. The first kappa shape index (κ1) is 25.6. The molecular weight excluding hydrogens is 542 g/mol. The summed E-state index contributed by atoms with van der Waals surface area (Å²) in [7, 11) is 0. The molecule has 1 nitrogen and oxygen atoms in total. The highest BCUT2D eigenvalue weighted by molar-refractivity contribution is 6.23. The summed E-state index contributed by atoms with van der Waals surface area (Å²) in [6.45, 7) is 0. The Bertz CT molecular complexity index is 2450. The molecule has 9 rings (SSSR count). The van der Waals surface area contributed by atoms with Crippen LogP contribution < -0.4 is 0 Å². The molecule has 0 unspecified atom stereocenters. The lowest BCUT2D eigenvalue weighted by atomic mass is 9.85. The fourth-order valence-electron chi connectivity index (χ4n) is 7.29. The van der Waals surface area contributed by atoms with E-state index in [0.717, 1.165) is 0 Å². The molecule has 0 bridgehead atoms. The van der Waals surface area contributed by atoms with Crippen LogP contribution in [-0.2, 0) is 0 Å². The molecule has 0 aliphatic rings. The summed E-state index contributed by atoms with van der Waals surface area (Å²) in [5.74, 6) is 0. The standard InChI is InChI=1S/C44H29N/c1-4-15-30(16-5-1)34-25-14-26-41-44(34)39-29-32(27-28-40(39)45(41)33-19-8-3-9-20-33)43-37-23-12-10-21-35(37)42(31-17-6-2-7-18-31)36-22-11-13-24-38(36)43/h1-29H. The fraction of sp³-hybridized carbons (Fsp3) is 0.